The maximum Gasteiger partial charge on any atom is 0.240 e. The van der Waals surface area contributed by atoms with Crippen LogP contribution in [0.5, 0.6) is 0 Å². The molecule has 1 heterocycles. The normalized spacial score (nSPS) is 10.7. The molecule has 0 radical (unpaired) electrons. The highest BCUT2D eigenvalue weighted by Gasteiger charge is 2.21. The third-order valence-corrected chi connectivity index (χ3v) is 4.87. The predicted octanol–water partition coefficient (Wildman–Crippen LogP) is 1.26. The maximum atomic E-state index is 12.2. The lowest BCUT2D eigenvalue weighted by Crippen LogP contribution is -2.41. The van der Waals surface area contributed by atoms with Crippen molar-refractivity contribution in [2.24, 2.45) is 0 Å². The van der Waals surface area contributed by atoms with Gasteiger partial charge >= 0.3 is 0 Å². The molecule has 8 nitrogen and oxygen atoms in total. The van der Waals surface area contributed by atoms with Gasteiger partial charge in [-0.3, -0.25) is 9.10 Å². The van der Waals surface area contributed by atoms with E-state index in [0.29, 0.717) is 23.6 Å². The average Bonchev–Trinajstić information content (AvgIpc) is 2.63. The summed E-state index contributed by atoms with van der Waals surface area (Å²) >= 11 is 0. The Hall–Kier alpha value is -3.12. The number of carbonyl (C=O) groups excluding carboxylic acids is 1. The van der Waals surface area contributed by atoms with Crippen molar-refractivity contribution in [1.29, 1.82) is 5.26 Å². The molecule has 0 atom stereocenters. The van der Waals surface area contributed by atoms with Crippen LogP contribution < -0.4 is 14.9 Å². The number of para-hydroxylation sites is 1. The van der Waals surface area contributed by atoms with Gasteiger partial charge in [0.2, 0.25) is 15.9 Å². The molecule has 0 aliphatic carbocycles. The minimum absolute atomic E-state index is 0.256. The molecule has 2 rings (SSSR count). The third kappa shape index (κ3) is 5.69. The van der Waals surface area contributed by atoms with Gasteiger partial charge in [0.25, 0.3) is 0 Å². The Morgan fingerprint density at radius 3 is 2.63 bits per heavy atom. The predicted molar refractivity (Wildman–Crippen MR) is 104 cm³/mol. The quantitative estimate of drug-likeness (QED) is 0.659. The van der Waals surface area contributed by atoms with Crippen molar-refractivity contribution in [1.82, 2.24) is 10.3 Å². The number of nitriles is 1. The minimum Gasteiger partial charge on any atom is -0.367 e. The van der Waals surface area contributed by atoms with Crippen LogP contribution in [0.1, 0.15) is 11.1 Å². The number of pyridine rings is 1. The molecule has 0 aliphatic rings. The summed E-state index contributed by atoms with van der Waals surface area (Å²) in [4.78, 5) is 16.3. The van der Waals surface area contributed by atoms with Crippen LogP contribution in [0.2, 0.25) is 0 Å². The second-order valence-corrected chi connectivity index (χ2v) is 7.75. The van der Waals surface area contributed by atoms with E-state index in [2.05, 4.69) is 15.6 Å². The van der Waals surface area contributed by atoms with E-state index in [1.807, 2.05) is 6.07 Å². The van der Waals surface area contributed by atoms with Gasteiger partial charge < -0.3 is 10.6 Å². The summed E-state index contributed by atoms with van der Waals surface area (Å²) in [5.41, 5.74) is 1.64. The number of amides is 1. The highest BCUT2D eigenvalue weighted by atomic mass is 32.2. The van der Waals surface area contributed by atoms with E-state index in [0.717, 1.165) is 16.1 Å². The SMILES string of the molecule is Cc1ccccc1N(CC(=O)NCCNc1ncccc1C#N)S(C)(=O)=O. The molecule has 2 aromatic rings. The molecule has 2 N–H and O–H groups in total. The number of nitrogens with zero attached hydrogens (tertiary/aromatic N) is 3. The molecule has 0 unspecified atom stereocenters. The Morgan fingerprint density at radius 1 is 1.22 bits per heavy atom. The number of sulfonamides is 1. The standard InChI is InChI=1S/C18H21N5O3S/c1-14-6-3-4-8-16(14)23(27(2,25)26)13-17(24)20-10-11-22-18-15(12-19)7-5-9-21-18/h3-9H,10-11,13H2,1-2H3,(H,20,24)(H,21,22). The van der Waals surface area contributed by atoms with Crippen molar-refractivity contribution in [2.75, 3.05) is 35.5 Å². The highest BCUT2D eigenvalue weighted by molar-refractivity contribution is 7.92. The molecule has 1 amide bonds. The summed E-state index contributed by atoms with van der Waals surface area (Å²) < 4.78 is 25.3. The van der Waals surface area contributed by atoms with Crippen LogP contribution in [0, 0.1) is 18.3 Å². The fraction of sp³-hybridized carbons (Fsp3) is 0.278. The zero-order valence-corrected chi connectivity index (χ0v) is 16.0. The van der Waals surface area contributed by atoms with Gasteiger partial charge in [-0.1, -0.05) is 18.2 Å². The molecular formula is C18H21N5O3S. The first-order valence-corrected chi connectivity index (χ1v) is 10.1. The van der Waals surface area contributed by atoms with E-state index >= 15 is 0 Å². The molecule has 0 bridgehead atoms. The molecule has 0 fully saturated rings. The summed E-state index contributed by atoms with van der Waals surface area (Å²) in [6.45, 7) is 2.08. The lowest BCUT2D eigenvalue weighted by Gasteiger charge is -2.23. The molecule has 0 saturated carbocycles. The van der Waals surface area contributed by atoms with Gasteiger partial charge in [0.05, 0.1) is 17.5 Å². The van der Waals surface area contributed by atoms with E-state index in [9.17, 15) is 13.2 Å². The Balaban J connectivity index is 1.93. The molecule has 0 spiro atoms. The highest BCUT2D eigenvalue weighted by Crippen LogP contribution is 2.21. The van der Waals surface area contributed by atoms with Crippen molar-refractivity contribution in [3.8, 4) is 6.07 Å². The molecular weight excluding hydrogens is 366 g/mol. The van der Waals surface area contributed by atoms with E-state index < -0.39 is 15.9 Å². The van der Waals surface area contributed by atoms with E-state index in [-0.39, 0.29) is 13.1 Å². The van der Waals surface area contributed by atoms with Crippen molar-refractivity contribution in [2.45, 2.75) is 6.92 Å². The Kier molecular flexibility index (Phi) is 6.73. The summed E-state index contributed by atoms with van der Waals surface area (Å²) in [7, 11) is -3.61. The molecule has 1 aromatic heterocycles. The first-order valence-electron chi connectivity index (χ1n) is 8.22. The van der Waals surface area contributed by atoms with Crippen molar-refractivity contribution < 1.29 is 13.2 Å². The Labute approximate surface area is 158 Å². The number of hydrogen-bond donors (Lipinski definition) is 2. The average molecular weight is 387 g/mol. The summed E-state index contributed by atoms with van der Waals surface area (Å²) in [6.07, 6.45) is 2.63. The lowest BCUT2D eigenvalue weighted by molar-refractivity contribution is -0.119. The van der Waals surface area contributed by atoms with E-state index in [1.165, 1.54) is 0 Å². The third-order valence-electron chi connectivity index (χ3n) is 3.74. The fourth-order valence-corrected chi connectivity index (χ4v) is 3.34. The topological polar surface area (TPSA) is 115 Å². The van der Waals surface area contributed by atoms with Gasteiger partial charge in [-0.25, -0.2) is 13.4 Å². The molecule has 142 valence electrons. The Bertz CT molecular complexity index is 953. The van der Waals surface area contributed by atoms with Gasteiger partial charge in [-0.2, -0.15) is 5.26 Å². The van der Waals surface area contributed by atoms with Gasteiger partial charge in [0, 0.05) is 19.3 Å². The molecule has 0 saturated heterocycles. The number of nitrogens with one attached hydrogen (secondary N) is 2. The van der Waals surface area contributed by atoms with Gasteiger partial charge in [-0.15, -0.1) is 0 Å². The fourth-order valence-electron chi connectivity index (χ4n) is 2.43. The largest absolute Gasteiger partial charge is 0.367 e. The number of aromatic nitrogens is 1. The van der Waals surface area contributed by atoms with Crippen LogP contribution in [0.3, 0.4) is 0 Å². The Morgan fingerprint density at radius 2 is 1.96 bits per heavy atom. The van der Waals surface area contributed by atoms with Crippen molar-refractivity contribution in [3.63, 3.8) is 0 Å². The number of hydrogen-bond acceptors (Lipinski definition) is 6. The maximum absolute atomic E-state index is 12.2. The zero-order chi connectivity index (χ0) is 19.9. The first-order chi connectivity index (χ1) is 12.8. The number of rotatable bonds is 8. The van der Waals surface area contributed by atoms with E-state index in [1.54, 1.807) is 49.5 Å². The van der Waals surface area contributed by atoms with Crippen LogP contribution in [-0.4, -0.2) is 45.2 Å². The molecule has 27 heavy (non-hydrogen) atoms. The summed E-state index contributed by atoms with van der Waals surface area (Å²) in [6, 6.07) is 12.3. The van der Waals surface area contributed by atoms with Crippen LogP contribution in [0.15, 0.2) is 42.6 Å². The number of benzene rings is 1. The summed E-state index contributed by atoms with van der Waals surface area (Å²) in [5, 5.41) is 14.6. The van der Waals surface area contributed by atoms with Crippen LogP contribution in [0.4, 0.5) is 11.5 Å². The lowest BCUT2D eigenvalue weighted by atomic mass is 10.2. The van der Waals surface area contributed by atoms with E-state index in [4.69, 9.17) is 5.26 Å². The molecule has 1 aromatic carbocycles. The van der Waals surface area contributed by atoms with Gasteiger partial charge in [-0.05, 0) is 30.7 Å². The second-order valence-electron chi connectivity index (χ2n) is 5.84. The van der Waals surface area contributed by atoms with Crippen LogP contribution in [0.25, 0.3) is 0 Å². The number of carbonyl (C=O) groups is 1. The molecule has 9 heteroatoms. The van der Waals surface area contributed by atoms with Crippen molar-refractivity contribution >= 4 is 27.4 Å². The first kappa shape index (κ1) is 20.2. The minimum atomic E-state index is -3.61. The molecule has 0 aliphatic heterocycles. The van der Waals surface area contributed by atoms with Crippen LogP contribution >= 0.6 is 0 Å². The zero-order valence-electron chi connectivity index (χ0n) is 15.1. The monoisotopic (exact) mass is 387 g/mol. The summed E-state index contributed by atoms with van der Waals surface area (Å²) in [5.74, 6) is 0.0129. The van der Waals surface area contributed by atoms with Gasteiger partial charge in [0.15, 0.2) is 0 Å². The smallest absolute Gasteiger partial charge is 0.240 e. The number of aryl methyl sites for hydroxylation is 1. The van der Waals surface area contributed by atoms with Crippen LogP contribution in [-0.2, 0) is 14.8 Å². The van der Waals surface area contributed by atoms with Gasteiger partial charge in [0.1, 0.15) is 18.4 Å². The second kappa shape index (κ2) is 9.00. The number of anilines is 2. The van der Waals surface area contributed by atoms with Crippen molar-refractivity contribution in [3.05, 3.63) is 53.7 Å².